The van der Waals surface area contributed by atoms with Gasteiger partial charge in [0.25, 0.3) is 0 Å². The summed E-state index contributed by atoms with van der Waals surface area (Å²) in [5, 5.41) is 0.911. The Labute approximate surface area is 126 Å². The van der Waals surface area contributed by atoms with Crippen molar-refractivity contribution >= 4 is 28.2 Å². The van der Waals surface area contributed by atoms with Gasteiger partial charge in [0.2, 0.25) is 0 Å². The highest BCUT2D eigenvalue weighted by molar-refractivity contribution is 6.31. The van der Waals surface area contributed by atoms with E-state index in [1.54, 1.807) is 6.07 Å². The molecular weight excluding hydrogens is 291 g/mol. The summed E-state index contributed by atoms with van der Waals surface area (Å²) in [4.78, 5) is 4.47. The molecule has 0 unspecified atom stereocenters. The third-order valence-corrected chi connectivity index (χ3v) is 3.38. The predicted octanol–water partition coefficient (Wildman–Crippen LogP) is 4.71. The number of pyridine rings is 1. The van der Waals surface area contributed by atoms with Crippen molar-refractivity contribution in [3.63, 3.8) is 0 Å². The molecule has 0 aliphatic carbocycles. The quantitative estimate of drug-likeness (QED) is 0.697. The van der Waals surface area contributed by atoms with E-state index in [1.807, 2.05) is 31.2 Å². The van der Waals surface area contributed by atoms with Crippen LogP contribution in [-0.2, 0) is 0 Å². The summed E-state index contributed by atoms with van der Waals surface area (Å²) in [5.41, 5.74) is 7.55. The van der Waals surface area contributed by atoms with Gasteiger partial charge in [0.05, 0.1) is 10.7 Å². The summed E-state index contributed by atoms with van der Waals surface area (Å²) in [7, 11) is 0. The molecule has 1 aromatic heterocycles. The third kappa shape index (κ3) is 2.62. The number of hydrogen-bond acceptors (Lipinski definition) is 3. The fourth-order valence-corrected chi connectivity index (χ4v) is 2.20. The van der Waals surface area contributed by atoms with Crippen molar-refractivity contribution in [3.05, 3.63) is 59.0 Å². The zero-order chi connectivity index (χ0) is 15.0. The lowest BCUT2D eigenvalue weighted by Crippen LogP contribution is -1.95. The highest BCUT2D eigenvalue weighted by atomic mass is 35.5. The van der Waals surface area contributed by atoms with E-state index in [0.717, 1.165) is 22.7 Å². The smallest absolute Gasteiger partial charge is 0.153 e. The molecule has 0 fully saturated rings. The molecule has 2 aromatic carbocycles. The Hall–Kier alpha value is -2.33. The van der Waals surface area contributed by atoms with E-state index in [0.29, 0.717) is 11.5 Å². The zero-order valence-corrected chi connectivity index (χ0v) is 12.0. The number of nitrogens with zero attached hydrogens (tertiary/aromatic N) is 1. The number of halogens is 2. The molecule has 2 N–H and O–H groups in total. The van der Waals surface area contributed by atoms with Crippen LogP contribution in [-0.4, -0.2) is 4.98 Å². The van der Waals surface area contributed by atoms with Crippen LogP contribution in [0.5, 0.6) is 11.5 Å². The first-order valence-electron chi connectivity index (χ1n) is 6.33. The third-order valence-electron chi connectivity index (χ3n) is 3.10. The maximum absolute atomic E-state index is 13.3. The highest BCUT2D eigenvalue weighted by Gasteiger charge is 2.11. The van der Waals surface area contributed by atoms with E-state index in [9.17, 15) is 4.39 Å². The number of aromatic nitrogens is 1. The number of nitrogen functional groups attached to an aromatic ring is 1. The Morgan fingerprint density at radius 2 is 1.95 bits per heavy atom. The van der Waals surface area contributed by atoms with Crippen LogP contribution < -0.4 is 10.5 Å². The topological polar surface area (TPSA) is 48.1 Å². The number of hydrogen-bond donors (Lipinski definition) is 1. The van der Waals surface area contributed by atoms with Crippen LogP contribution in [0, 0.1) is 12.7 Å². The summed E-state index contributed by atoms with van der Waals surface area (Å²) in [6, 6.07) is 12.0. The second-order valence-corrected chi connectivity index (χ2v) is 5.09. The fraction of sp³-hybridized carbons (Fsp3) is 0.0625. The van der Waals surface area contributed by atoms with Gasteiger partial charge in [0.1, 0.15) is 11.3 Å². The van der Waals surface area contributed by atoms with Crippen LogP contribution >= 0.6 is 11.6 Å². The first kappa shape index (κ1) is 13.6. The van der Waals surface area contributed by atoms with Crippen LogP contribution in [0.15, 0.2) is 42.5 Å². The molecule has 3 aromatic rings. The van der Waals surface area contributed by atoms with Crippen molar-refractivity contribution in [3.8, 4) is 11.5 Å². The van der Waals surface area contributed by atoms with Gasteiger partial charge in [-0.1, -0.05) is 29.8 Å². The number of benzene rings is 2. The Bertz CT molecular complexity index is 836. The van der Waals surface area contributed by atoms with E-state index < -0.39 is 5.82 Å². The molecule has 3 rings (SSSR count). The number of aryl methyl sites for hydroxylation is 1. The molecule has 0 aliphatic rings. The average Bonchev–Trinajstić information content (AvgIpc) is 2.45. The first-order valence-corrected chi connectivity index (χ1v) is 6.71. The normalized spacial score (nSPS) is 10.8. The number of ether oxygens (including phenoxy) is 1. The van der Waals surface area contributed by atoms with E-state index in [4.69, 9.17) is 22.1 Å². The number of para-hydroxylation sites is 1. The van der Waals surface area contributed by atoms with Crippen molar-refractivity contribution in [2.45, 2.75) is 6.92 Å². The number of fused-ring (bicyclic) bond motifs is 1. The monoisotopic (exact) mass is 302 g/mol. The van der Waals surface area contributed by atoms with Gasteiger partial charge >= 0.3 is 0 Å². The molecule has 0 bridgehead atoms. The molecule has 0 saturated carbocycles. The van der Waals surface area contributed by atoms with Gasteiger partial charge in [-0.05, 0) is 19.1 Å². The molecule has 0 saturated heterocycles. The van der Waals surface area contributed by atoms with E-state index in [2.05, 4.69) is 4.98 Å². The average molecular weight is 303 g/mol. The van der Waals surface area contributed by atoms with Gasteiger partial charge < -0.3 is 10.5 Å². The molecule has 0 spiro atoms. The van der Waals surface area contributed by atoms with Crippen molar-refractivity contribution in [1.29, 1.82) is 0 Å². The molecule has 5 heteroatoms. The molecule has 106 valence electrons. The number of nitrogens with two attached hydrogens (primary N) is 1. The molecule has 0 atom stereocenters. The minimum Gasteiger partial charge on any atom is -0.453 e. The van der Waals surface area contributed by atoms with Crippen LogP contribution in [0.4, 0.5) is 10.1 Å². The van der Waals surface area contributed by atoms with E-state index in [-0.39, 0.29) is 10.7 Å². The van der Waals surface area contributed by atoms with Gasteiger partial charge in [-0.3, -0.25) is 0 Å². The summed E-state index contributed by atoms with van der Waals surface area (Å²) < 4.78 is 19.1. The molecule has 3 nitrogen and oxygen atoms in total. The number of rotatable bonds is 2. The Morgan fingerprint density at radius 3 is 2.76 bits per heavy atom. The lowest BCUT2D eigenvalue weighted by Gasteiger charge is -2.11. The second-order valence-electron chi connectivity index (χ2n) is 4.69. The summed E-state index contributed by atoms with van der Waals surface area (Å²) in [6.45, 7) is 1.90. The fourth-order valence-electron chi connectivity index (χ4n) is 2.05. The minimum absolute atomic E-state index is 0.0384. The van der Waals surface area contributed by atoms with Crippen molar-refractivity contribution < 1.29 is 9.13 Å². The van der Waals surface area contributed by atoms with Crippen LogP contribution in [0.25, 0.3) is 10.9 Å². The van der Waals surface area contributed by atoms with Crippen molar-refractivity contribution in [2.24, 2.45) is 0 Å². The van der Waals surface area contributed by atoms with Crippen molar-refractivity contribution in [2.75, 3.05) is 5.73 Å². The molecule has 21 heavy (non-hydrogen) atoms. The summed E-state index contributed by atoms with van der Waals surface area (Å²) in [6.07, 6.45) is 0. The van der Waals surface area contributed by atoms with Gasteiger partial charge in [-0.25, -0.2) is 9.37 Å². The maximum Gasteiger partial charge on any atom is 0.153 e. The van der Waals surface area contributed by atoms with Gasteiger partial charge in [-0.15, -0.1) is 0 Å². The summed E-state index contributed by atoms with van der Waals surface area (Å²) in [5.74, 6) is 0.274. The SMILES string of the molecule is Cc1ccc2cccc(Oc3cc(Cl)c(F)cc3N)c2n1. The molecule has 0 amide bonds. The second kappa shape index (κ2) is 5.22. The summed E-state index contributed by atoms with van der Waals surface area (Å²) >= 11 is 5.77. The van der Waals surface area contributed by atoms with Crippen LogP contribution in [0.2, 0.25) is 5.02 Å². The Morgan fingerprint density at radius 1 is 1.14 bits per heavy atom. The largest absolute Gasteiger partial charge is 0.453 e. The molecular formula is C16H12ClFN2O. The van der Waals surface area contributed by atoms with E-state index in [1.165, 1.54) is 6.07 Å². The standard InChI is InChI=1S/C16H12ClFN2O/c1-9-5-6-10-3-2-4-14(16(10)20-9)21-15-7-11(17)12(18)8-13(15)19/h2-8H,19H2,1H3. The number of anilines is 1. The minimum atomic E-state index is -0.576. The maximum atomic E-state index is 13.3. The van der Waals surface area contributed by atoms with Gasteiger partial charge in [-0.2, -0.15) is 0 Å². The lowest BCUT2D eigenvalue weighted by molar-refractivity contribution is 0.487. The highest BCUT2D eigenvalue weighted by Crippen LogP contribution is 2.34. The Kier molecular flexibility index (Phi) is 3.39. The van der Waals surface area contributed by atoms with Crippen LogP contribution in [0.3, 0.4) is 0 Å². The molecule has 0 aliphatic heterocycles. The zero-order valence-electron chi connectivity index (χ0n) is 11.2. The lowest BCUT2D eigenvalue weighted by atomic mass is 10.2. The van der Waals surface area contributed by atoms with Crippen LogP contribution in [0.1, 0.15) is 5.69 Å². The molecule has 1 heterocycles. The van der Waals surface area contributed by atoms with Gasteiger partial charge in [0.15, 0.2) is 11.5 Å². The predicted molar refractivity (Wildman–Crippen MR) is 82.4 cm³/mol. The molecule has 0 radical (unpaired) electrons. The van der Waals surface area contributed by atoms with E-state index >= 15 is 0 Å². The van der Waals surface area contributed by atoms with Gasteiger partial charge in [0, 0.05) is 23.2 Å². The first-order chi connectivity index (χ1) is 10.0. The Balaban J connectivity index is 2.10. The van der Waals surface area contributed by atoms with Crippen molar-refractivity contribution in [1.82, 2.24) is 4.98 Å².